The molecular formula is C16H19BrN2O2. The summed E-state index contributed by atoms with van der Waals surface area (Å²) < 4.78 is 2.80. The maximum Gasteiger partial charge on any atom is 0.274 e. The zero-order chi connectivity index (χ0) is 15.6. The molecular weight excluding hydrogens is 332 g/mol. The summed E-state index contributed by atoms with van der Waals surface area (Å²) in [4.78, 5) is 14.5. The van der Waals surface area contributed by atoms with Crippen LogP contribution in [-0.4, -0.2) is 22.1 Å². The Morgan fingerprint density at radius 1 is 1.33 bits per heavy atom. The van der Waals surface area contributed by atoms with Crippen LogP contribution in [0.1, 0.15) is 29.9 Å². The topological polar surface area (TPSA) is 45.5 Å². The number of phenols is 1. The van der Waals surface area contributed by atoms with Gasteiger partial charge in [-0.25, -0.2) is 0 Å². The SMILES string of the molecule is CCN(C(=O)c1cc(Br)cn1CC)c1cc(O)ccc1C. The lowest BCUT2D eigenvalue weighted by Crippen LogP contribution is -2.32. The van der Waals surface area contributed by atoms with Crippen molar-refractivity contribution in [2.75, 3.05) is 11.4 Å². The van der Waals surface area contributed by atoms with Crippen LogP contribution in [0.5, 0.6) is 5.75 Å². The van der Waals surface area contributed by atoms with Crippen molar-refractivity contribution >= 4 is 27.5 Å². The zero-order valence-corrected chi connectivity index (χ0v) is 14.0. The molecule has 1 aromatic heterocycles. The third-order valence-electron chi connectivity index (χ3n) is 3.47. The quantitative estimate of drug-likeness (QED) is 0.907. The molecule has 5 heteroatoms. The smallest absolute Gasteiger partial charge is 0.274 e. The number of aromatic nitrogens is 1. The van der Waals surface area contributed by atoms with E-state index >= 15 is 0 Å². The van der Waals surface area contributed by atoms with E-state index in [2.05, 4.69) is 15.9 Å². The summed E-state index contributed by atoms with van der Waals surface area (Å²) in [7, 11) is 0. The molecule has 2 rings (SSSR count). The summed E-state index contributed by atoms with van der Waals surface area (Å²) in [6.07, 6.45) is 1.90. The first-order valence-electron chi connectivity index (χ1n) is 6.95. The van der Waals surface area contributed by atoms with Crippen molar-refractivity contribution in [3.05, 3.63) is 46.2 Å². The highest BCUT2D eigenvalue weighted by Crippen LogP contribution is 2.27. The highest BCUT2D eigenvalue weighted by atomic mass is 79.9. The number of amides is 1. The predicted octanol–water partition coefficient (Wildman–Crippen LogP) is 3.95. The van der Waals surface area contributed by atoms with Crippen molar-refractivity contribution in [3.8, 4) is 5.75 Å². The molecule has 112 valence electrons. The van der Waals surface area contributed by atoms with E-state index in [0.717, 1.165) is 22.3 Å². The molecule has 4 nitrogen and oxygen atoms in total. The molecule has 0 unspecified atom stereocenters. The number of aryl methyl sites for hydroxylation is 2. The second kappa shape index (κ2) is 6.35. The number of carbonyl (C=O) groups excluding carboxylic acids is 1. The van der Waals surface area contributed by atoms with Crippen LogP contribution in [0.25, 0.3) is 0 Å². The maximum atomic E-state index is 12.8. The number of hydrogen-bond acceptors (Lipinski definition) is 2. The summed E-state index contributed by atoms with van der Waals surface area (Å²) in [5.41, 5.74) is 2.33. The summed E-state index contributed by atoms with van der Waals surface area (Å²) in [5, 5.41) is 9.69. The Balaban J connectivity index is 2.45. The minimum Gasteiger partial charge on any atom is -0.508 e. The van der Waals surface area contributed by atoms with Gasteiger partial charge in [0.25, 0.3) is 5.91 Å². The molecule has 0 aliphatic carbocycles. The molecule has 0 atom stereocenters. The summed E-state index contributed by atoms with van der Waals surface area (Å²) in [6.45, 7) is 7.12. The van der Waals surface area contributed by atoms with Crippen molar-refractivity contribution in [1.29, 1.82) is 0 Å². The van der Waals surface area contributed by atoms with Crippen LogP contribution in [-0.2, 0) is 6.54 Å². The average molecular weight is 351 g/mol. The van der Waals surface area contributed by atoms with Crippen molar-refractivity contribution in [2.24, 2.45) is 0 Å². The van der Waals surface area contributed by atoms with E-state index in [9.17, 15) is 9.90 Å². The number of nitrogens with zero attached hydrogens (tertiary/aromatic N) is 2. The van der Waals surface area contributed by atoms with Crippen molar-refractivity contribution in [2.45, 2.75) is 27.3 Å². The van der Waals surface area contributed by atoms with E-state index < -0.39 is 0 Å². The number of aromatic hydroxyl groups is 1. The first-order valence-corrected chi connectivity index (χ1v) is 7.74. The van der Waals surface area contributed by atoms with Crippen LogP contribution in [0.15, 0.2) is 34.9 Å². The van der Waals surface area contributed by atoms with Gasteiger partial charge in [0.1, 0.15) is 11.4 Å². The highest BCUT2D eigenvalue weighted by Gasteiger charge is 2.21. The van der Waals surface area contributed by atoms with Crippen molar-refractivity contribution in [3.63, 3.8) is 0 Å². The molecule has 0 aliphatic rings. The molecule has 2 aromatic rings. The molecule has 0 radical (unpaired) electrons. The number of phenolic OH excluding ortho intramolecular Hbond substituents is 1. The summed E-state index contributed by atoms with van der Waals surface area (Å²) in [5.74, 6) is 0.0904. The van der Waals surface area contributed by atoms with E-state index in [0.29, 0.717) is 12.2 Å². The van der Waals surface area contributed by atoms with E-state index in [4.69, 9.17) is 0 Å². The Hall–Kier alpha value is -1.75. The Bertz CT molecular complexity index is 664. The largest absolute Gasteiger partial charge is 0.508 e. The van der Waals surface area contributed by atoms with Crippen LogP contribution >= 0.6 is 15.9 Å². The standard InChI is InChI=1S/C16H19BrN2O2/c1-4-18-10-12(17)8-15(18)16(21)19(5-2)14-9-13(20)7-6-11(14)3/h6-10,20H,4-5H2,1-3H3. The lowest BCUT2D eigenvalue weighted by molar-refractivity contribution is 0.0979. The third-order valence-corrected chi connectivity index (χ3v) is 3.90. The average Bonchev–Trinajstić information content (AvgIpc) is 2.84. The molecule has 1 heterocycles. The third kappa shape index (κ3) is 3.13. The van der Waals surface area contributed by atoms with Gasteiger partial charge in [-0.3, -0.25) is 4.79 Å². The second-order valence-electron chi connectivity index (χ2n) is 4.85. The Kier molecular flexibility index (Phi) is 4.73. The molecule has 0 aliphatic heterocycles. The lowest BCUT2D eigenvalue weighted by atomic mass is 10.1. The van der Waals surface area contributed by atoms with Crippen LogP contribution in [0.2, 0.25) is 0 Å². The predicted molar refractivity (Wildman–Crippen MR) is 88.0 cm³/mol. The van der Waals surface area contributed by atoms with Gasteiger partial charge in [0.05, 0.1) is 5.69 Å². The van der Waals surface area contributed by atoms with Crippen LogP contribution in [0.4, 0.5) is 5.69 Å². The fourth-order valence-electron chi connectivity index (χ4n) is 2.37. The molecule has 0 bridgehead atoms. The maximum absolute atomic E-state index is 12.8. The first kappa shape index (κ1) is 15.6. The first-order chi connectivity index (χ1) is 9.97. The summed E-state index contributed by atoms with van der Waals surface area (Å²) >= 11 is 3.41. The minimum absolute atomic E-state index is 0.0706. The van der Waals surface area contributed by atoms with Crippen LogP contribution in [0, 0.1) is 6.92 Å². The summed E-state index contributed by atoms with van der Waals surface area (Å²) in [6, 6.07) is 6.90. The van der Waals surface area contributed by atoms with Crippen molar-refractivity contribution < 1.29 is 9.90 Å². The minimum atomic E-state index is -0.0706. The van der Waals surface area contributed by atoms with Crippen LogP contribution < -0.4 is 4.90 Å². The molecule has 1 amide bonds. The van der Waals surface area contributed by atoms with Gasteiger partial charge in [-0.1, -0.05) is 6.07 Å². The number of carbonyl (C=O) groups is 1. The Morgan fingerprint density at radius 2 is 2.05 bits per heavy atom. The fourth-order valence-corrected chi connectivity index (χ4v) is 2.83. The van der Waals surface area contributed by atoms with Gasteiger partial charge in [0, 0.05) is 29.8 Å². The van der Waals surface area contributed by atoms with Gasteiger partial charge in [0.15, 0.2) is 0 Å². The van der Waals surface area contributed by atoms with Gasteiger partial charge in [0.2, 0.25) is 0 Å². The van der Waals surface area contributed by atoms with Gasteiger partial charge in [-0.2, -0.15) is 0 Å². The number of anilines is 1. The normalized spacial score (nSPS) is 10.7. The molecule has 0 saturated carbocycles. The number of rotatable bonds is 4. The molecule has 1 aromatic carbocycles. The molecule has 0 fully saturated rings. The van der Waals surface area contributed by atoms with E-state index in [1.807, 2.05) is 43.7 Å². The fraction of sp³-hybridized carbons (Fsp3) is 0.312. The number of hydrogen-bond donors (Lipinski definition) is 1. The van der Waals surface area contributed by atoms with Gasteiger partial charge < -0.3 is 14.6 Å². The monoisotopic (exact) mass is 350 g/mol. The van der Waals surface area contributed by atoms with Crippen LogP contribution in [0.3, 0.4) is 0 Å². The van der Waals surface area contributed by atoms with E-state index in [1.165, 1.54) is 0 Å². The Labute approximate surface area is 133 Å². The van der Waals surface area contributed by atoms with E-state index in [1.54, 1.807) is 17.0 Å². The number of halogens is 1. The highest BCUT2D eigenvalue weighted by molar-refractivity contribution is 9.10. The molecule has 0 saturated heterocycles. The van der Waals surface area contributed by atoms with E-state index in [-0.39, 0.29) is 11.7 Å². The van der Waals surface area contributed by atoms with Gasteiger partial charge in [-0.15, -0.1) is 0 Å². The van der Waals surface area contributed by atoms with Crippen molar-refractivity contribution in [1.82, 2.24) is 4.57 Å². The Morgan fingerprint density at radius 3 is 2.67 bits per heavy atom. The molecule has 1 N–H and O–H groups in total. The number of benzene rings is 1. The van der Waals surface area contributed by atoms with Gasteiger partial charge in [-0.05, 0) is 54.4 Å². The zero-order valence-electron chi connectivity index (χ0n) is 12.4. The molecule has 21 heavy (non-hydrogen) atoms. The van der Waals surface area contributed by atoms with Gasteiger partial charge >= 0.3 is 0 Å². The lowest BCUT2D eigenvalue weighted by Gasteiger charge is -2.23. The second-order valence-corrected chi connectivity index (χ2v) is 5.77. The molecule has 0 spiro atoms.